The van der Waals surface area contributed by atoms with Gasteiger partial charge < -0.3 is 15.7 Å². The highest BCUT2D eigenvalue weighted by molar-refractivity contribution is 7.16. The maximum absolute atomic E-state index is 11.9. The molecule has 1 aliphatic carbocycles. The molecule has 1 aromatic heterocycles. The fourth-order valence-electron chi connectivity index (χ4n) is 2.06. The van der Waals surface area contributed by atoms with E-state index in [-0.39, 0.29) is 24.5 Å². The Bertz CT molecular complexity index is 502. The third-order valence-corrected chi connectivity index (χ3v) is 4.68. The van der Waals surface area contributed by atoms with E-state index < -0.39 is 5.97 Å². The summed E-state index contributed by atoms with van der Waals surface area (Å²) in [5.41, 5.74) is 0. The molecule has 20 heavy (non-hydrogen) atoms. The molecule has 2 amide bonds. The molecular weight excluding hydrogens is 300 g/mol. The van der Waals surface area contributed by atoms with Gasteiger partial charge in [0.1, 0.15) is 0 Å². The predicted molar refractivity (Wildman–Crippen MR) is 78.2 cm³/mol. The molecule has 0 bridgehead atoms. The zero-order chi connectivity index (χ0) is 14.7. The molecule has 1 aliphatic rings. The summed E-state index contributed by atoms with van der Waals surface area (Å²) in [6.45, 7) is 1.87. The number of amides is 2. The van der Waals surface area contributed by atoms with Crippen LogP contribution in [0.3, 0.4) is 0 Å². The van der Waals surface area contributed by atoms with Crippen molar-refractivity contribution < 1.29 is 14.7 Å². The predicted octanol–water partition coefficient (Wildman–Crippen LogP) is 3.02. The number of hydrogen-bond acceptors (Lipinski definition) is 3. The molecule has 2 unspecified atom stereocenters. The van der Waals surface area contributed by atoms with Crippen LogP contribution in [0.15, 0.2) is 12.1 Å². The molecule has 1 saturated carbocycles. The number of carbonyl (C=O) groups excluding carboxylic acids is 1. The van der Waals surface area contributed by atoms with Crippen LogP contribution in [-0.4, -0.2) is 23.1 Å². The maximum atomic E-state index is 11.9. The van der Waals surface area contributed by atoms with Gasteiger partial charge in [-0.2, -0.15) is 0 Å². The summed E-state index contributed by atoms with van der Waals surface area (Å²) in [4.78, 5) is 23.7. The smallest absolute Gasteiger partial charge is 0.315 e. The van der Waals surface area contributed by atoms with Gasteiger partial charge in [-0.15, -0.1) is 11.3 Å². The zero-order valence-corrected chi connectivity index (χ0v) is 12.6. The zero-order valence-electron chi connectivity index (χ0n) is 11.1. The van der Waals surface area contributed by atoms with Gasteiger partial charge in [0.05, 0.1) is 16.8 Å². The minimum Gasteiger partial charge on any atom is -0.481 e. The average molecular weight is 317 g/mol. The molecular formula is C13H17ClN2O3S. The average Bonchev–Trinajstić information content (AvgIpc) is 3.10. The Morgan fingerprint density at radius 3 is 2.65 bits per heavy atom. The van der Waals surface area contributed by atoms with Crippen LogP contribution in [0.4, 0.5) is 4.79 Å². The number of nitrogens with one attached hydrogen (secondary N) is 2. The number of rotatable bonds is 6. The lowest BCUT2D eigenvalue weighted by Crippen LogP contribution is -2.44. The Morgan fingerprint density at radius 1 is 1.45 bits per heavy atom. The number of urea groups is 1. The first-order valence-electron chi connectivity index (χ1n) is 6.49. The van der Waals surface area contributed by atoms with Gasteiger partial charge in [-0.25, -0.2) is 4.79 Å². The minimum absolute atomic E-state index is 0.0305. The van der Waals surface area contributed by atoms with Crippen molar-refractivity contribution in [1.29, 1.82) is 0 Å². The normalized spacial score (nSPS) is 17.3. The van der Waals surface area contributed by atoms with Crippen molar-refractivity contribution in [2.24, 2.45) is 5.92 Å². The number of halogens is 1. The van der Waals surface area contributed by atoms with Crippen molar-refractivity contribution >= 4 is 34.9 Å². The van der Waals surface area contributed by atoms with E-state index in [2.05, 4.69) is 10.6 Å². The third-order valence-electron chi connectivity index (χ3n) is 3.27. The summed E-state index contributed by atoms with van der Waals surface area (Å²) >= 11 is 7.27. The second kappa shape index (κ2) is 6.45. The van der Waals surface area contributed by atoms with Crippen LogP contribution in [0.1, 0.15) is 37.1 Å². The highest BCUT2D eigenvalue weighted by atomic mass is 35.5. The van der Waals surface area contributed by atoms with Gasteiger partial charge in [0.25, 0.3) is 0 Å². The molecule has 7 heteroatoms. The van der Waals surface area contributed by atoms with Crippen molar-refractivity contribution in [3.8, 4) is 0 Å². The number of carbonyl (C=O) groups is 2. The SMILES string of the molecule is CC(NC(=O)NC(CC(=O)O)C1CC1)c1ccc(Cl)s1. The second-order valence-corrected chi connectivity index (χ2v) is 6.77. The number of carboxylic acids is 1. The van der Waals surface area contributed by atoms with Crippen molar-refractivity contribution in [2.75, 3.05) is 0 Å². The minimum atomic E-state index is -0.889. The summed E-state index contributed by atoms with van der Waals surface area (Å²) in [6.07, 6.45) is 1.93. The number of hydrogen-bond donors (Lipinski definition) is 3. The van der Waals surface area contributed by atoms with Gasteiger partial charge in [-0.05, 0) is 37.8 Å². The van der Waals surface area contributed by atoms with Crippen LogP contribution in [0.25, 0.3) is 0 Å². The van der Waals surface area contributed by atoms with E-state index in [1.165, 1.54) is 11.3 Å². The van der Waals surface area contributed by atoms with Gasteiger partial charge in [0, 0.05) is 10.9 Å². The van der Waals surface area contributed by atoms with Crippen LogP contribution in [0, 0.1) is 5.92 Å². The van der Waals surface area contributed by atoms with Crippen molar-refractivity contribution in [2.45, 2.75) is 38.3 Å². The molecule has 1 heterocycles. The van der Waals surface area contributed by atoms with Gasteiger partial charge in [0.2, 0.25) is 0 Å². The van der Waals surface area contributed by atoms with E-state index in [0.29, 0.717) is 10.3 Å². The quantitative estimate of drug-likeness (QED) is 0.755. The van der Waals surface area contributed by atoms with Gasteiger partial charge in [-0.1, -0.05) is 11.6 Å². The topological polar surface area (TPSA) is 78.4 Å². The van der Waals surface area contributed by atoms with Gasteiger partial charge in [0.15, 0.2) is 0 Å². The third kappa shape index (κ3) is 4.38. The van der Waals surface area contributed by atoms with Crippen LogP contribution in [-0.2, 0) is 4.79 Å². The van der Waals surface area contributed by atoms with E-state index in [0.717, 1.165) is 17.7 Å². The second-order valence-electron chi connectivity index (χ2n) is 5.02. The standard InChI is InChI=1S/C13H17ClN2O3S/c1-7(10-4-5-11(14)20-10)15-13(19)16-9(6-12(17)18)8-2-3-8/h4-5,7-9H,2-3,6H2,1H3,(H,17,18)(H2,15,16,19). The summed E-state index contributed by atoms with van der Waals surface area (Å²) in [5.74, 6) is -0.594. The van der Waals surface area contributed by atoms with Crippen LogP contribution >= 0.6 is 22.9 Å². The van der Waals surface area contributed by atoms with E-state index in [1.807, 2.05) is 13.0 Å². The van der Waals surface area contributed by atoms with E-state index in [9.17, 15) is 9.59 Å². The Balaban J connectivity index is 1.85. The lowest BCUT2D eigenvalue weighted by molar-refractivity contribution is -0.137. The first-order valence-corrected chi connectivity index (χ1v) is 7.69. The molecule has 1 fully saturated rings. The summed E-state index contributed by atoms with van der Waals surface area (Å²) in [7, 11) is 0. The van der Waals surface area contributed by atoms with E-state index in [1.54, 1.807) is 6.07 Å². The molecule has 0 aliphatic heterocycles. The van der Waals surface area contributed by atoms with Crippen LogP contribution in [0.2, 0.25) is 4.34 Å². The van der Waals surface area contributed by atoms with Gasteiger partial charge in [-0.3, -0.25) is 4.79 Å². The molecule has 0 saturated heterocycles. The molecule has 0 radical (unpaired) electrons. The summed E-state index contributed by atoms with van der Waals surface area (Å²) in [6, 6.07) is 2.88. The number of carboxylic acid groups (broad SMARTS) is 1. The monoisotopic (exact) mass is 316 g/mol. The molecule has 110 valence electrons. The molecule has 3 N–H and O–H groups in total. The lowest BCUT2D eigenvalue weighted by atomic mass is 10.1. The van der Waals surface area contributed by atoms with Crippen molar-refractivity contribution in [3.63, 3.8) is 0 Å². The van der Waals surface area contributed by atoms with Crippen LogP contribution < -0.4 is 10.6 Å². The van der Waals surface area contributed by atoms with Crippen molar-refractivity contribution in [1.82, 2.24) is 10.6 Å². The summed E-state index contributed by atoms with van der Waals surface area (Å²) < 4.78 is 0.677. The van der Waals surface area contributed by atoms with E-state index >= 15 is 0 Å². The van der Waals surface area contributed by atoms with Crippen LogP contribution in [0.5, 0.6) is 0 Å². The molecule has 2 rings (SSSR count). The Morgan fingerprint density at radius 2 is 2.15 bits per heavy atom. The number of aliphatic carboxylic acids is 1. The molecule has 1 aromatic rings. The molecule has 5 nitrogen and oxygen atoms in total. The highest BCUT2D eigenvalue weighted by Gasteiger charge is 2.33. The largest absolute Gasteiger partial charge is 0.481 e. The fourth-order valence-corrected chi connectivity index (χ4v) is 3.12. The van der Waals surface area contributed by atoms with E-state index in [4.69, 9.17) is 16.7 Å². The lowest BCUT2D eigenvalue weighted by Gasteiger charge is -2.19. The molecule has 2 atom stereocenters. The first-order chi connectivity index (χ1) is 9.45. The fraction of sp³-hybridized carbons (Fsp3) is 0.538. The Labute approximate surface area is 126 Å². The number of thiophene rings is 1. The summed E-state index contributed by atoms with van der Waals surface area (Å²) in [5, 5.41) is 14.4. The van der Waals surface area contributed by atoms with Gasteiger partial charge >= 0.3 is 12.0 Å². The maximum Gasteiger partial charge on any atom is 0.315 e. The Hall–Kier alpha value is -1.27. The van der Waals surface area contributed by atoms with Crippen molar-refractivity contribution in [3.05, 3.63) is 21.3 Å². The first kappa shape index (κ1) is 15.1. The Kier molecular flexibility index (Phi) is 4.88. The molecule has 0 aromatic carbocycles. The molecule has 0 spiro atoms. The highest BCUT2D eigenvalue weighted by Crippen LogP contribution is 2.34.